The molecule has 2 aromatic rings. The topological polar surface area (TPSA) is 100 Å². The number of allylic oxidation sites excluding steroid dienone is 2. The lowest BCUT2D eigenvalue weighted by molar-refractivity contribution is -0.117. The summed E-state index contributed by atoms with van der Waals surface area (Å²) in [4.78, 5) is 26.0. The van der Waals surface area contributed by atoms with E-state index in [0.717, 1.165) is 0 Å². The molecule has 0 bridgehead atoms. The van der Waals surface area contributed by atoms with E-state index in [4.69, 9.17) is 10.5 Å². The molecule has 0 fully saturated rings. The number of hydrazine groups is 1. The number of carbonyl (C=O) groups excluding carboxylic acids is 2. The number of hydrogen-bond donors (Lipinski definition) is 1. The van der Waals surface area contributed by atoms with E-state index in [1.807, 2.05) is 36.4 Å². The second-order valence-electron chi connectivity index (χ2n) is 5.76. The number of carbonyl (C=O) groups is 2. The number of aldehydes is 1. The maximum absolute atomic E-state index is 13.0. The van der Waals surface area contributed by atoms with Gasteiger partial charge in [-0.25, -0.2) is 5.01 Å². The van der Waals surface area contributed by atoms with E-state index in [0.29, 0.717) is 17.7 Å². The molecule has 1 N–H and O–H groups in total. The van der Waals surface area contributed by atoms with Gasteiger partial charge < -0.3 is 4.90 Å². The fraction of sp³-hybridized carbons (Fsp3) is 0.0909. The molecule has 1 amide bonds. The number of amides is 1. The minimum absolute atomic E-state index is 0.0218. The second-order valence-corrected chi connectivity index (χ2v) is 5.76. The van der Waals surface area contributed by atoms with Crippen molar-refractivity contribution in [2.75, 3.05) is 23.5 Å². The minimum atomic E-state index is -0.549. The van der Waals surface area contributed by atoms with Gasteiger partial charge in [-0.2, -0.15) is 10.5 Å². The number of anilines is 2. The third-order valence-corrected chi connectivity index (χ3v) is 3.73. The molecular weight excluding hydrogens is 366 g/mol. The van der Waals surface area contributed by atoms with Crippen LogP contribution in [0.5, 0.6) is 0 Å². The molecule has 0 unspecified atom stereocenters. The van der Waals surface area contributed by atoms with Crippen LogP contribution in [0, 0.1) is 22.7 Å². The summed E-state index contributed by atoms with van der Waals surface area (Å²) in [5.41, 5.74) is 4.16. The number of nitrogens with one attached hydrogen (secondary N) is 1. The molecule has 0 radical (unpaired) electrons. The zero-order chi connectivity index (χ0) is 20.9. The van der Waals surface area contributed by atoms with Gasteiger partial charge in [0.15, 0.2) is 6.29 Å². The highest BCUT2D eigenvalue weighted by molar-refractivity contribution is 6.18. The van der Waals surface area contributed by atoms with Gasteiger partial charge in [-0.05, 0) is 36.4 Å². The van der Waals surface area contributed by atoms with E-state index in [1.54, 1.807) is 36.4 Å². The molecule has 0 saturated carbocycles. The van der Waals surface area contributed by atoms with Gasteiger partial charge in [0.1, 0.15) is 13.1 Å². The number of para-hydroxylation sites is 2. The first kappa shape index (κ1) is 20.9. The van der Waals surface area contributed by atoms with E-state index in [-0.39, 0.29) is 18.7 Å². The number of benzene rings is 2. The average Bonchev–Trinajstić information content (AvgIpc) is 2.76. The zero-order valence-electron chi connectivity index (χ0n) is 15.6. The molecule has 0 atom stereocenters. The van der Waals surface area contributed by atoms with Gasteiger partial charge in [0.05, 0.1) is 29.1 Å². The molecule has 7 nitrogen and oxygen atoms in total. The van der Waals surface area contributed by atoms with Crippen LogP contribution in [0.25, 0.3) is 0 Å². The normalized spacial score (nSPS) is 10.6. The van der Waals surface area contributed by atoms with Gasteiger partial charge in [0.2, 0.25) is 0 Å². The first-order chi connectivity index (χ1) is 14.2. The van der Waals surface area contributed by atoms with E-state index < -0.39 is 5.91 Å². The third kappa shape index (κ3) is 6.38. The van der Waals surface area contributed by atoms with Crippen molar-refractivity contribution in [1.29, 1.82) is 10.5 Å². The maximum atomic E-state index is 13.0. The van der Waals surface area contributed by atoms with Gasteiger partial charge in [0.25, 0.3) is 5.91 Å². The summed E-state index contributed by atoms with van der Waals surface area (Å²) in [6.07, 6.45) is 4.76. The molecule has 2 aromatic carbocycles. The summed E-state index contributed by atoms with van der Waals surface area (Å²) in [5, 5.41) is 18.8. The smallest absolute Gasteiger partial charge is 0.280 e. The number of rotatable bonds is 9. The summed E-state index contributed by atoms with van der Waals surface area (Å²) in [6.45, 7) is 0.0436. The Bertz CT molecular complexity index is 940. The Balaban J connectivity index is 2.29. The zero-order valence-corrected chi connectivity index (χ0v) is 15.6. The van der Waals surface area contributed by atoms with Crippen molar-refractivity contribution in [1.82, 2.24) is 4.90 Å². The van der Waals surface area contributed by atoms with Crippen LogP contribution in [-0.4, -0.2) is 30.2 Å². The number of nitrogens with zero attached hydrogens (tertiary/aromatic N) is 4. The highest BCUT2D eigenvalue weighted by atomic mass is 16.2. The van der Waals surface area contributed by atoms with Crippen LogP contribution in [0.1, 0.15) is 0 Å². The Labute approximate surface area is 169 Å². The van der Waals surface area contributed by atoms with E-state index >= 15 is 0 Å². The Morgan fingerprint density at radius 1 is 0.966 bits per heavy atom. The van der Waals surface area contributed by atoms with Crippen molar-refractivity contribution in [3.63, 3.8) is 0 Å². The maximum Gasteiger partial charge on any atom is 0.280 e. The van der Waals surface area contributed by atoms with Crippen molar-refractivity contribution < 1.29 is 9.59 Å². The lowest BCUT2D eigenvalue weighted by atomic mass is 10.2. The fourth-order valence-corrected chi connectivity index (χ4v) is 2.35. The van der Waals surface area contributed by atoms with Crippen molar-refractivity contribution in [3.8, 4) is 12.1 Å². The molecule has 0 aliphatic rings. The van der Waals surface area contributed by atoms with Crippen LogP contribution in [0.3, 0.4) is 0 Å². The quantitative estimate of drug-likeness (QED) is 0.135. The molecule has 0 spiro atoms. The summed E-state index contributed by atoms with van der Waals surface area (Å²) < 4.78 is 0. The predicted molar refractivity (Wildman–Crippen MR) is 110 cm³/mol. The Morgan fingerprint density at radius 3 is 2.10 bits per heavy atom. The molecule has 0 heterocycles. The summed E-state index contributed by atoms with van der Waals surface area (Å²) >= 11 is 0. The lowest BCUT2D eigenvalue weighted by Gasteiger charge is -2.24. The first-order valence-electron chi connectivity index (χ1n) is 8.72. The van der Waals surface area contributed by atoms with Gasteiger partial charge in [-0.15, -0.1) is 0 Å². The van der Waals surface area contributed by atoms with Crippen molar-refractivity contribution in [3.05, 3.63) is 84.6 Å². The van der Waals surface area contributed by atoms with Gasteiger partial charge in [-0.3, -0.25) is 15.0 Å². The Kier molecular flexibility index (Phi) is 8.21. The van der Waals surface area contributed by atoms with Gasteiger partial charge in [-0.1, -0.05) is 36.4 Å². The van der Waals surface area contributed by atoms with Crippen molar-refractivity contribution in [2.24, 2.45) is 0 Å². The van der Waals surface area contributed by atoms with Crippen LogP contribution < -0.4 is 10.4 Å². The Morgan fingerprint density at radius 2 is 1.55 bits per heavy atom. The average molecular weight is 385 g/mol. The van der Waals surface area contributed by atoms with Gasteiger partial charge in [0, 0.05) is 6.20 Å². The molecule has 0 aliphatic carbocycles. The standard InChI is InChI=1S/C22H19N5O2/c23-13-16-26(17-14-24)15-7-8-19(18-28)22(29)27(21-11-5-2-6-12-21)25-20-9-3-1-4-10-20/h1-12,15,18,25H,16-17H2/b15-7+,19-8-. The van der Waals surface area contributed by atoms with Crippen molar-refractivity contribution in [2.45, 2.75) is 0 Å². The molecule has 7 heteroatoms. The molecule has 2 rings (SSSR count). The van der Waals surface area contributed by atoms with Crippen LogP contribution >= 0.6 is 0 Å². The molecule has 0 saturated heterocycles. The van der Waals surface area contributed by atoms with Crippen molar-refractivity contribution >= 4 is 23.6 Å². The molecular formula is C22H19N5O2. The van der Waals surface area contributed by atoms with Crippen LogP contribution in [0.15, 0.2) is 84.6 Å². The molecule has 0 aromatic heterocycles. The largest absolute Gasteiger partial charge is 0.351 e. The van der Waals surface area contributed by atoms with Crippen LogP contribution in [-0.2, 0) is 9.59 Å². The van der Waals surface area contributed by atoms with Crippen LogP contribution in [0.4, 0.5) is 11.4 Å². The van der Waals surface area contributed by atoms with E-state index in [2.05, 4.69) is 5.43 Å². The van der Waals surface area contributed by atoms with E-state index in [9.17, 15) is 9.59 Å². The molecule has 144 valence electrons. The van der Waals surface area contributed by atoms with E-state index in [1.165, 1.54) is 28.3 Å². The number of hydrogen-bond acceptors (Lipinski definition) is 6. The molecule has 0 aliphatic heterocycles. The summed E-state index contributed by atoms with van der Waals surface area (Å²) in [7, 11) is 0. The minimum Gasteiger partial charge on any atom is -0.351 e. The molecule has 29 heavy (non-hydrogen) atoms. The summed E-state index contributed by atoms with van der Waals surface area (Å²) in [6, 6.07) is 21.9. The first-order valence-corrected chi connectivity index (χ1v) is 8.72. The number of nitriles is 2. The second kappa shape index (κ2) is 11.4. The predicted octanol–water partition coefficient (Wildman–Crippen LogP) is 3.03. The fourth-order valence-electron chi connectivity index (χ4n) is 2.35. The highest BCUT2D eigenvalue weighted by Crippen LogP contribution is 2.18. The Hall–Kier alpha value is -4.36. The lowest BCUT2D eigenvalue weighted by Crippen LogP contribution is -2.37. The van der Waals surface area contributed by atoms with Gasteiger partial charge >= 0.3 is 0 Å². The van der Waals surface area contributed by atoms with Crippen LogP contribution in [0.2, 0.25) is 0 Å². The monoisotopic (exact) mass is 385 g/mol. The summed E-state index contributed by atoms with van der Waals surface area (Å²) in [5.74, 6) is -0.549. The SMILES string of the molecule is N#CCN(/C=C/C=C(/C=O)C(=O)N(Nc1ccccc1)c1ccccc1)CC#N. The highest BCUT2D eigenvalue weighted by Gasteiger charge is 2.19. The third-order valence-electron chi connectivity index (χ3n) is 3.73.